The Bertz CT molecular complexity index is 848. The topological polar surface area (TPSA) is 87.9 Å². The molecule has 1 fully saturated rings. The van der Waals surface area contributed by atoms with Gasteiger partial charge in [-0.1, -0.05) is 6.07 Å². The van der Waals surface area contributed by atoms with Gasteiger partial charge in [0.1, 0.15) is 5.82 Å². The number of nitrogens with two attached hydrogens (primary N) is 1. The average molecular weight is 356 g/mol. The zero-order chi connectivity index (χ0) is 17.1. The molecule has 4 rings (SSSR count). The van der Waals surface area contributed by atoms with Gasteiger partial charge in [0.05, 0.1) is 0 Å². The van der Waals surface area contributed by atoms with E-state index in [4.69, 9.17) is 5.73 Å². The van der Waals surface area contributed by atoms with E-state index in [2.05, 4.69) is 30.0 Å². The lowest BCUT2D eigenvalue weighted by Crippen LogP contribution is -2.51. The number of guanidine groups is 1. The van der Waals surface area contributed by atoms with Crippen LogP contribution in [0.3, 0.4) is 0 Å². The second-order valence-corrected chi connectivity index (χ2v) is 6.70. The van der Waals surface area contributed by atoms with Gasteiger partial charge in [0.2, 0.25) is 0 Å². The van der Waals surface area contributed by atoms with Gasteiger partial charge in [0.15, 0.2) is 16.7 Å². The molecule has 0 spiro atoms. The van der Waals surface area contributed by atoms with Gasteiger partial charge in [-0.2, -0.15) is 0 Å². The highest BCUT2D eigenvalue weighted by Gasteiger charge is 2.19. The Labute approximate surface area is 149 Å². The van der Waals surface area contributed by atoms with Crippen molar-refractivity contribution in [3.8, 4) is 0 Å². The minimum absolute atomic E-state index is 0.604. The van der Waals surface area contributed by atoms with Crippen LogP contribution in [0.4, 0.5) is 5.13 Å². The predicted octanol–water partition coefficient (Wildman–Crippen LogP) is 0.865. The minimum atomic E-state index is 0.604. The van der Waals surface area contributed by atoms with Crippen molar-refractivity contribution in [2.45, 2.75) is 6.42 Å². The highest BCUT2D eigenvalue weighted by Crippen LogP contribution is 2.18. The first-order valence-electron chi connectivity index (χ1n) is 8.29. The Kier molecular flexibility index (Phi) is 4.47. The molecule has 0 unspecified atom stereocenters. The lowest BCUT2D eigenvalue weighted by Gasteiger charge is -2.35. The second kappa shape index (κ2) is 7.06. The molecule has 130 valence electrons. The molecule has 0 aliphatic carbocycles. The van der Waals surface area contributed by atoms with Crippen molar-refractivity contribution in [1.82, 2.24) is 24.5 Å². The van der Waals surface area contributed by atoms with Gasteiger partial charge in [0, 0.05) is 56.9 Å². The Morgan fingerprint density at radius 3 is 2.88 bits per heavy atom. The van der Waals surface area contributed by atoms with E-state index in [0.29, 0.717) is 18.9 Å². The summed E-state index contributed by atoms with van der Waals surface area (Å²) in [4.78, 5) is 13.3. The van der Waals surface area contributed by atoms with Crippen molar-refractivity contribution in [3.63, 3.8) is 0 Å². The predicted molar refractivity (Wildman–Crippen MR) is 99.1 cm³/mol. The Hall–Kier alpha value is -2.68. The molecule has 0 bridgehead atoms. The molecule has 0 atom stereocenters. The molecule has 3 aromatic rings. The summed E-state index contributed by atoms with van der Waals surface area (Å²) >= 11 is 1.67. The van der Waals surface area contributed by atoms with Gasteiger partial charge in [0.25, 0.3) is 0 Å². The van der Waals surface area contributed by atoms with E-state index in [1.807, 2.05) is 40.4 Å². The van der Waals surface area contributed by atoms with E-state index in [1.54, 1.807) is 11.3 Å². The lowest BCUT2D eigenvalue weighted by molar-refractivity contribution is 0.380. The third-order valence-corrected chi connectivity index (χ3v) is 5.12. The zero-order valence-electron chi connectivity index (χ0n) is 13.8. The van der Waals surface area contributed by atoms with E-state index < -0.39 is 0 Å². The molecule has 4 heterocycles. The minimum Gasteiger partial charge on any atom is -0.370 e. The summed E-state index contributed by atoms with van der Waals surface area (Å²) in [5.41, 5.74) is 7.02. The van der Waals surface area contributed by atoms with Crippen molar-refractivity contribution in [2.24, 2.45) is 10.7 Å². The van der Waals surface area contributed by atoms with Gasteiger partial charge in [-0.15, -0.1) is 21.5 Å². The number of nitrogens with zero attached hydrogens (tertiary/aromatic N) is 7. The number of hydrogen-bond donors (Lipinski definition) is 1. The molecule has 0 aromatic carbocycles. The molecule has 1 aliphatic heterocycles. The molecule has 0 amide bonds. The van der Waals surface area contributed by atoms with Crippen molar-refractivity contribution in [2.75, 3.05) is 37.6 Å². The third kappa shape index (κ3) is 3.41. The standard InChI is InChI=1S/C16H20N8S/c17-15(22-8-10-23(11-9-22)16-19-6-12-25-16)18-5-4-14-21-20-13-3-1-2-7-24(13)14/h1-3,6-7,12H,4-5,8-11H2,(H2,17,18). The van der Waals surface area contributed by atoms with Crippen LogP contribution in [0.25, 0.3) is 5.65 Å². The summed E-state index contributed by atoms with van der Waals surface area (Å²) in [6, 6.07) is 5.87. The average Bonchev–Trinajstić information content (AvgIpc) is 3.32. The molecule has 1 saturated heterocycles. The smallest absolute Gasteiger partial charge is 0.191 e. The fourth-order valence-electron chi connectivity index (χ4n) is 2.93. The molecular formula is C16H20N8S. The first-order valence-corrected chi connectivity index (χ1v) is 9.17. The normalized spacial score (nSPS) is 15.9. The third-order valence-electron chi connectivity index (χ3n) is 4.29. The molecule has 0 radical (unpaired) electrons. The van der Waals surface area contributed by atoms with E-state index >= 15 is 0 Å². The van der Waals surface area contributed by atoms with Crippen LogP contribution in [0.2, 0.25) is 0 Å². The van der Waals surface area contributed by atoms with E-state index in [9.17, 15) is 0 Å². The highest BCUT2D eigenvalue weighted by atomic mass is 32.1. The van der Waals surface area contributed by atoms with Crippen LogP contribution in [0, 0.1) is 0 Å². The van der Waals surface area contributed by atoms with Gasteiger partial charge >= 0.3 is 0 Å². The number of anilines is 1. The monoisotopic (exact) mass is 356 g/mol. The van der Waals surface area contributed by atoms with Crippen LogP contribution < -0.4 is 10.6 Å². The van der Waals surface area contributed by atoms with Crippen LogP contribution in [0.15, 0.2) is 41.0 Å². The number of thiazole rings is 1. The summed E-state index contributed by atoms with van der Waals surface area (Å²) in [7, 11) is 0. The number of pyridine rings is 1. The quantitative estimate of drug-likeness (QED) is 0.551. The van der Waals surface area contributed by atoms with Crippen LogP contribution in [-0.4, -0.2) is 63.2 Å². The number of aliphatic imine (C=N–C) groups is 1. The van der Waals surface area contributed by atoms with Crippen LogP contribution in [-0.2, 0) is 6.42 Å². The van der Waals surface area contributed by atoms with Gasteiger partial charge in [-0.3, -0.25) is 9.39 Å². The van der Waals surface area contributed by atoms with E-state index in [-0.39, 0.29) is 0 Å². The summed E-state index contributed by atoms with van der Waals surface area (Å²) in [6.45, 7) is 4.16. The fraction of sp³-hybridized carbons (Fsp3) is 0.375. The SMILES string of the molecule is NC(=NCCc1nnc2ccccn12)N1CCN(c2nccs2)CC1. The molecule has 0 saturated carbocycles. The van der Waals surface area contributed by atoms with Crippen LogP contribution in [0.5, 0.6) is 0 Å². The number of rotatable bonds is 4. The molecule has 9 heteroatoms. The molecule has 3 aromatic heterocycles. The molecule has 2 N–H and O–H groups in total. The molecular weight excluding hydrogens is 336 g/mol. The summed E-state index contributed by atoms with van der Waals surface area (Å²) in [5, 5.41) is 11.5. The number of piperazine rings is 1. The first kappa shape index (κ1) is 15.8. The maximum atomic E-state index is 6.17. The molecule has 25 heavy (non-hydrogen) atoms. The van der Waals surface area contributed by atoms with Crippen molar-refractivity contribution >= 4 is 28.1 Å². The number of aromatic nitrogens is 4. The van der Waals surface area contributed by atoms with Gasteiger partial charge < -0.3 is 15.5 Å². The van der Waals surface area contributed by atoms with Crippen LogP contribution in [0.1, 0.15) is 5.82 Å². The first-order chi connectivity index (χ1) is 12.3. The number of fused-ring (bicyclic) bond motifs is 1. The largest absolute Gasteiger partial charge is 0.370 e. The van der Waals surface area contributed by atoms with Crippen LogP contribution >= 0.6 is 11.3 Å². The maximum Gasteiger partial charge on any atom is 0.191 e. The van der Waals surface area contributed by atoms with E-state index in [1.165, 1.54) is 0 Å². The Morgan fingerprint density at radius 2 is 2.08 bits per heavy atom. The Balaban J connectivity index is 1.31. The molecule has 1 aliphatic rings. The van der Waals surface area contributed by atoms with Crippen molar-refractivity contribution in [3.05, 3.63) is 41.8 Å². The summed E-state index contributed by atoms with van der Waals surface area (Å²) in [6.07, 6.45) is 4.52. The summed E-state index contributed by atoms with van der Waals surface area (Å²) < 4.78 is 1.98. The maximum absolute atomic E-state index is 6.17. The Morgan fingerprint density at radius 1 is 1.20 bits per heavy atom. The molecule has 8 nitrogen and oxygen atoms in total. The van der Waals surface area contributed by atoms with E-state index in [0.717, 1.165) is 42.8 Å². The van der Waals surface area contributed by atoms with Crippen molar-refractivity contribution in [1.29, 1.82) is 0 Å². The van der Waals surface area contributed by atoms with Crippen molar-refractivity contribution < 1.29 is 0 Å². The highest BCUT2D eigenvalue weighted by molar-refractivity contribution is 7.13. The lowest BCUT2D eigenvalue weighted by atomic mass is 10.3. The fourth-order valence-corrected chi connectivity index (χ4v) is 3.63. The van der Waals surface area contributed by atoms with Gasteiger partial charge in [-0.25, -0.2) is 4.98 Å². The zero-order valence-corrected chi connectivity index (χ0v) is 14.6. The number of hydrogen-bond acceptors (Lipinski definition) is 6. The van der Waals surface area contributed by atoms with Gasteiger partial charge in [-0.05, 0) is 12.1 Å². The second-order valence-electron chi connectivity index (χ2n) is 5.82. The summed E-state index contributed by atoms with van der Waals surface area (Å²) in [5.74, 6) is 1.51.